The number of piperidine rings is 1. The Morgan fingerprint density at radius 3 is 3.11 bits per heavy atom. The van der Waals surface area contributed by atoms with E-state index in [2.05, 4.69) is 15.2 Å². The average Bonchev–Trinajstić information content (AvgIpc) is 2.86. The lowest BCUT2D eigenvalue weighted by Gasteiger charge is -2.35. The second-order valence-electron chi connectivity index (χ2n) is 5.41. The number of fused-ring (bicyclic) bond motifs is 1. The molecule has 2 N–H and O–H groups in total. The summed E-state index contributed by atoms with van der Waals surface area (Å²) in [5.41, 5.74) is 0.100. The molecule has 0 amide bonds. The number of carboxylic acids is 1. The molecular formula is C14H19N3O2. The average molecular weight is 261 g/mol. The number of nitrogens with zero attached hydrogens (tertiary/aromatic N) is 2. The van der Waals surface area contributed by atoms with Crippen LogP contribution in [0.5, 0.6) is 0 Å². The Morgan fingerprint density at radius 2 is 2.26 bits per heavy atom. The van der Waals surface area contributed by atoms with Gasteiger partial charge in [0.25, 0.3) is 0 Å². The molecule has 3 heterocycles. The van der Waals surface area contributed by atoms with Crippen LogP contribution in [0.15, 0.2) is 18.2 Å². The van der Waals surface area contributed by atoms with Gasteiger partial charge in [0.05, 0.1) is 0 Å². The van der Waals surface area contributed by atoms with Crippen LogP contribution in [0, 0.1) is 0 Å². The van der Waals surface area contributed by atoms with E-state index in [1.54, 1.807) is 6.07 Å². The van der Waals surface area contributed by atoms with Crippen molar-refractivity contribution in [1.82, 2.24) is 9.88 Å². The van der Waals surface area contributed by atoms with Gasteiger partial charge in [-0.05, 0) is 44.4 Å². The molecule has 0 radical (unpaired) electrons. The number of aromatic carboxylic acids is 1. The fraction of sp³-hybridized carbons (Fsp3) is 0.571. The van der Waals surface area contributed by atoms with Gasteiger partial charge in [-0.1, -0.05) is 6.07 Å². The maximum atomic E-state index is 10.9. The molecule has 0 saturated carbocycles. The maximum absolute atomic E-state index is 10.9. The highest BCUT2D eigenvalue weighted by atomic mass is 16.4. The van der Waals surface area contributed by atoms with E-state index in [4.69, 9.17) is 5.11 Å². The van der Waals surface area contributed by atoms with Crippen LogP contribution in [0.1, 0.15) is 36.2 Å². The molecule has 1 aromatic heterocycles. The Bertz CT molecular complexity index is 478. The number of hydrogen-bond donors (Lipinski definition) is 2. The van der Waals surface area contributed by atoms with Gasteiger partial charge < -0.3 is 15.3 Å². The Hall–Kier alpha value is -1.62. The number of rotatable bonds is 3. The molecule has 0 bridgehead atoms. The van der Waals surface area contributed by atoms with Gasteiger partial charge in [0, 0.05) is 18.6 Å². The summed E-state index contributed by atoms with van der Waals surface area (Å²) in [5, 5.41) is 12.3. The molecule has 0 spiro atoms. The summed E-state index contributed by atoms with van der Waals surface area (Å²) >= 11 is 0. The molecule has 2 atom stereocenters. The third kappa shape index (κ3) is 2.71. The highest BCUT2D eigenvalue weighted by molar-refractivity contribution is 5.85. The number of nitrogens with one attached hydrogen (secondary N) is 1. The molecule has 1 aromatic rings. The lowest BCUT2D eigenvalue weighted by atomic mass is 9.97. The molecule has 0 aromatic carbocycles. The molecule has 2 fully saturated rings. The Kier molecular flexibility index (Phi) is 3.38. The molecule has 5 heteroatoms. The summed E-state index contributed by atoms with van der Waals surface area (Å²) < 4.78 is 0. The van der Waals surface area contributed by atoms with Crippen molar-refractivity contribution >= 4 is 11.8 Å². The molecule has 0 aliphatic carbocycles. The molecular weight excluding hydrogens is 242 g/mol. The minimum absolute atomic E-state index is 0.100. The predicted molar refractivity (Wildman–Crippen MR) is 72.4 cm³/mol. The van der Waals surface area contributed by atoms with Crippen molar-refractivity contribution in [2.75, 3.05) is 18.4 Å². The lowest BCUT2D eigenvalue weighted by Crippen LogP contribution is -2.42. The van der Waals surface area contributed by atoms with E-state index >= 15 is 0 Å². The van der Waals surface area contributed by atoms with Crippen LogP contribution < -0.4 is 5.32 Å². The third-order valence-corrected chi connectivity index (χ3v) is 4.14. The van der Waals surface area contributed by atoms with Crippen molar-refractivity contribution in [3.05, 3.63) is 23.9 Å². The maximum Gasteiger partial charge on any atom is 0.354 e. The van der Waals surface area contributed by atoms with Gasteiger partial charge in [-0.2, -0.15) is 0 Å². The van der Waals surface area contributed by atoms with Gasteiger partial charge in [-0.25, -0.2) is 9.78 Å². The summed E-state index contributed by atoms with van der Waals surface area (Å²) in [5.74, 6) is -0.300. The van der Waals surface area contributed by atoms with E-state index in [1.807, 2.05) is 6.07 Å². The molecule has 3 rings (SSSR count). The van der Waals surface area contributed by atoms with Crippen molar-refractivity contribution < 1.29 is 9.90 Å². The van der Waals surface area contributed by atoms with Crippen molar-refractivity contribution in [1.29, 1.82) is 0 Å². The summed E-state index contributed by atoms with van der Waals surface area (Å²) in [6, 6.07) is 6.22. The van der Waals surface area contributed by atoms with E-state index in [9.17, 15) is 4.79 Å². The summed E-state index contributed by atoms with van der Waals surface area (Å²) in [7, 11) is 0. The standard InChI is InChI=1S/C14H19N3O2/c18-14(19)12-4-1-5-13(16-12)15-10-6-8-17-7-2-3-11(17)9-10/h1,4-5,10-11H,2-3,6-9H2,(H,15,16)(H,18,19). The molecule has 102 valence electrons. The molecule has 2 aliphatic rings. The van der Waals surface area contributed by atoms with Gasteiger partial charge in [0.2, 0.25) is 0 Å². The quantitative estimate of drug-likeness (QED) is 0.869. The molecule has 2 saturated heterocycles. The highest BCUT2D eigenvalue weighted by Gasteiger charge is 2.31. The normalized spacial score (nSPS) is 26.9. The number of anilines is 1. The topological polar surface area (TPSA) is 65.5 Å². The molecule has 2 unspecified atom stereocenters. The first-order chi connectivity index (χ1) is 9.22. The lowest BCUT2D eigenvalue weighted by molar-refractivity contribution is 0.0690. The van der Waals surface area contributed by atoms with Crippen LogP contribution in [-0.2, 0) is 0 Å². The number of pyridine rings is 1. The summed E-state index contributed by atoms with van der Waals surface area (Å²) in [4.78, 5) is 17.6. The Morgan fingerprint density at radius 1 is 1.37 bits per heavy atom. The summed E-state index contributed by atoms with van der Waals surface area (Å²) in [6.07, 6.45) is 4.85. The first-order valence-electron chi connectivity index (χ1n) is 6.93. The van der Waals surface area contributed by atoms with E-state index in [0.717, 1.165) is 19.4 Å². The number of aromatic nitrogens is 1. The van der Waals surface area contributed by atoms with Gasteiger partial charge in [-0.3, -0.25) is 0 Å². The van der Waals surface area contributed by atoms with Crippen LogP contribution in [-0.4, -0.2) is 46.1 Å². The van der Waals surface area contributed by atoms with Gasteiger partial charge in [0.1, 0.15) is 5.82 Å². The van der Waals surface area contributed by atoms with E-state index < -0.39 is 5.97 Å². The Labute approximate surface area is 112 Å². The zero-order valence-electron chi connectivity index (χ0n) is 10.9. The molecule has 19 heavy (non-hydrogen) atoms. The van der Waals surface area contributed by atoms with Gasteiger partial charge >= 0.3 is 5.97 Å². The van der Waals surface area contributed by atoms with Crippen LogP contribution in [0.4, 0.5) is 5.82 Å². The van der Waals surface area contributed by atoms with Gasteiger partial charge in [0.15, 0.2) is 5.69 Å². The predicted octanol–water partition coefficient (Wildman–Crippen LogP) is 1.82. The van der Waals surface area contributed by atoms with E-state index in [1.165, 1.54) is 25.5 Å². The fourth-order valence-corrected chi connectivity index (χ4v) is 3.20. The van der Waals surface area contributed by atoms with Crippen LogP contribution in [0.3, 0.4) is 0 Å². The first-order valence-corrected chi connectivity index (χ1v) is 6.93. The van der Waals surface area contributed by atoms with E-state index in [-0.39, 0.29) is 5.69 Å². The van der Waals surface area contributed by atoms with Crippen molar-refractivity contribution in [2.24, 2.45) is 0 Å². The number of carboxylic acid groups (broad SMARTS) is 1. The smallest absolute Gasteiger partial charge is 0.354 e. The van der Waals surface area contributed by atoms with Gasteiger partial charge in [-0.15, -0.1) is 0 Å². The van der Waals surface area contributed by atoms with Crippen molar-refractivity contribution in [3.8, 4) is 0 Å². The third-order valence-electron chi connectivity index (χ3n) is 4.14. The van der Waals surface area contributed by atoms with E-state index in [0.29, 0.717) is 17.9 Å². The highest BCUT2D eigenvalue weighted by Crippen LogP contribution is 2.28. The fourth-order valence-electron chi connectivity index (χ4n) is 3.20. The van der Waals surface area contributed by atoms with Crippen molar-refractivity contribution in [3.63, 3.8) is 0 Å². The largest absolute Gasteiger partial charge is 0.477 e. The molecule has 2 aliphatic heterocycles. The Balaban J connectivity index is 1.65. The first kappa shape index (κ1) is 12.4. The van der Waals surface area contributed by atoms with Crippen LogP contribution in [0.2, 0.25) is 0 Å². The summed E-state index contributed by atoms with van der Waals surface area (Å²) in [6.45, 7) is 2.38. The zero-order chi connectivity index (χ0) is 13.2. The molecule has 5 nitrogen and oxygen atoms in total. The SMILES string of the molecule is O=C(O)c1cccc(NC2CCN3CCCC3C2)n1. The minimum Gasteiger partial charge on any atom is -0.477 e. The van der Waals surface area contributed by atoms with Crippen LogP contribution in [0.25, 0.3) is 0 Å². The second kappa shape index (κ2) is 5.17. The van der Waals surface area contributed by atoms with Crippen LogP contribution >= 0.6 is 0 Å². The number of hydrogen-bond acceptors (Lipinski definition) is 4. The second-order valence-corrected chi connectivity index (χ2v) is 5.41. The zero-order valence-corrected chi connectivity index (χ0v) is 10.9. The number of carbonyl (C=O) groups is 1. The van der Waals surface area contributed by atoms with Crippen molar-refractivity contribution in [2.45, 2.75) is 37.8 Å². The minimum atomic E-state index is -0.978. The monoisotopic (exact) mass is 261 g/mol.